The number of aliphatic hydroxyl groups excluding tert-OH is 3. The molecule has 0 aromatic heterocycles. The fourth-order valence-corrected chi connectivity index (χ4v) is 4.25. The van der Waals surface area contributed by atoms with Gasteiger partial charge in [-0.2, -0.15) is 0 Å². The van der Waals surface area contributed by atoms with Crippen LogP contribution in [0.5, 0.6) is 5.75 Å². The van der Waals surface area contributed by atoms with Crippen molar-refractivity contribution in [3.8, 4) is 16.9 Å². The summed E-state index contributed by atoms with van der Waals surface area (Å²) in [7, 11) is 0. The lowest BCUT2D eigenvalue weighted by atomic mass is 9.88. The van der Waals surface area contributed by atoms with Crippen LogP contribution in [-0.2, 0) is 9.47 Å². The van der Waals surface area contributed by atoms with Gasteiger partial charge < -0.3 is 39.5 Å². The van der Waals surface area contributed by atoms with Crippen LogP contribution in [-0.4, -0.2) is 94.3 Å². The molecule has 35 heavy (non-hydrogen) atoms. The summed E-state index contributed by atoms with van der Waals surface area (Å²) in [5.74, 6) is -0.649. The van der Waals surface area contributed by atoms with Gasteiger partial charge in [0.2, 0.25) is 6.29 Å². The fraction of sp³-hybridized carbons (Fsp3) is 0.480. The van der Waals surface area contributed by atoms with Gasteiger partial charge in [0.15, 0.2) is 5.60 Å². The van der Waals surface area contributed by atoms with Gasteiger partial charge in [0.25, 0.3) is 5.91 Å². The average Bonchev–Trinajstić information content (AvgIpc) is 2.86. The maximum atomic E-state index is 14.5. The highest BCUT2D eigenvalue weighted by molar-refractivity contribution is 5.96. The standard InChI is InChI=1S/C25H30FNO8/c1-14-11-15(16-3-5-18(26)17(12-16)23(31)27-7-9-33-10-8-27)4-6-19(14)34-24-25(2,32)22(30)21(29)20(13-28)35-24/h3-6,11-12,20-22,24,28-30,32H,7-10,13H2,1-2H3/t20-,21-,22+,24+,25+/m1/s1. The van der Waals surface area contributed by atoms with Gasteiger partial charge in [-0.15, -0.1) is 0 Å². The number of aryl methyl sites for hydroxylation is 1. The van der Waals surface area contributed by atoms with Crippen LogP contribution < -0.4 is 4.74 Å². The Morgan fingerprint density at radius 2 is 1.83 bits per heavy atom. The molecule has 1 amide bonds. The van der Waals surface area contributed by atoms with Crippen LogP contribution in [0.4, 0.5) is 4.39 Å². The molecule has 2 saturated heterocycles. The summed E-state index contributed by atoms with van der Waals surface area (Å²) < 4.78 is 31.1. The van der Waals surface area contributed by atoms with Crippen LogP contribution in [0.15, 0.2) is 36.4 Å². The molecule has 0 spiro atoms. The molecule has 4 N–H and O–H groups in total. The minimum atomic E-state index is -1.94. The maximum Gasteiger partial charge on any atom is 0.257 e. The Morgan fingerprint density at radius 3 is 2.49 bits per heavy atom. The number of ether oxygens (including phenoxy) is 3. The van der Waals surface area contributed by atoms with E-state index >= 15 is 0 Å². The molecule has 0 aliphatic carbocycles. The maximum absolute atomic E-state index is 14.5. The van der Waals surface area contributed by atoms with Gasteiger partial charge in [-0.1, -0.05) is 12.1 Å². The predicted molar refractivity (Wildman–Crippen MR) is 122 cm³/mol. The molecule has 9 nitrogen and oxygen atoms in total. The summed E-state index contributed by atoms with van der Waals surface area (Å²) in [6, 6.07) is 9.48. The number of aliphatic hydroxyl groups is 4. The molecule has 0 radical (unpaired) electrons. The van der Waals surface area contributed by atoms with Crippen LogP contribution in [0.3, 0.4) is 0 Å². The number of hydrogen-bond donors (Lipinski definition) is 4. The number of halogens is 1. The number of hydrogen-bond acceptors (Lipinski definition) is 8. The van der Waals surface area contributed by atoms with Crippen molar-refractivity contribution < 1.29 is 43.8 Å². The first kappa shape index (κ1) is 25.5. The number of carbonyl (C=O) groups excluding carboxylic acids is 1. The van der Waals surface area contributed by atoms with E-state index in [1.807, 2.05) is 0 Å². The van der Waals surface area contributed by atoms with Crippen LogP contribution in [0.1, 0.15) is 22.8 Å². The lowest BCUT2D eigenvalue weighted by Gasteiger charge is -2.45. The van der Waals surface area contributed by atoms with Crippen LogP contribution >= 0.6 is 0 Å². The predicted octanol–water partition coefficient (Wildman–Crippen LogP) is 0.842. The highest BCUT2D eigenvalue weighted by Crippen LogP contribution is 2.34. The summed E-state index contributed by atoms with van der Waals surface area (Å²) in [5, 5.41) is 40.4. The third-order valence-electron chi connectivity index (χ3n) is 6.50. The molecule has 2 aromatic rings. The Labute approximate surface area is 202 Å². The minimum absolute atomic E-state index is 0.0170. The summed E-state index contributed by atoms with van der Waals surface area (Å²) >= 11 is 0. The number of benzene rings is 2. The van der Waals surface area contributed by atoms with E-state index in [0.29, 0.717) is 48.7 Å². The molecule has 2 aliphatic rings. The van der Waals surface area contributed by atoms with E-state index in [1.165, 1.54) is 19.1 Å². The highest BCUT2D eigenvalue weighted by Gasteiger charge is 2.53. The first-order valence-corrected chi connectivity index (χ1v) is 11.4. The molecule has 2 fully saturated rings. The Kier molecular flexibility index (Phi) is 7.41. The SMILES string of the molecule is Cc1cc(-c2ccc(F)c(C(=O)N3CCOCC3)c2)ccc1O[C@H]1O[C@H](CO)[C@@H](O)[C@H](O)[C@]1(C)O. The monoisotopic (exact) mass is 491 g/mol. The Hall–Kier alpha value is -2.60. The average molecular weight is 492 g/mol. The molecule has 2 aromatic carbocycles. The Morgan fingerprint density at radius 1 is 1.17 bits per heavy atom. The van der Waals surface area contributed by atoms with E-state index in [-0.39, 0.29) is 11.5 Å². The summed E-state index contributed by atoms with van der Waals surface area (Å²) in [6.45, 7) is 4.11. The summed E-state index contributed by atoms with van der Waals surface area (Å²) in [6.07, 6.45) is -5.56. The lowest BCUT2D eigenvalue weighted by molar-refractivity contribution is -0.314. The van der Waals surface area contributed by atoms with Crippen molar-refractivity contribution in [3.63, 3.8) is 0 Å². The molecule has 10 heteroatoms. The van der Waals surface area contributed by atoms with E-state index in [2.05, 4.69) is 0 Å². The molecule has 4 rings (SSSR count). The van der Waals surface area contributed by atoms with Gasteiger partial charge in [-0.3, -0.25) is 4.79 Å². The van der Waals surface area contributed by atoms with Gasteiger partial charge in [0, 0.05) is 13.1 Å². The molecule has 5 atom stereocenters. The quantitative estimate of drug-likeness (QED) is 0.485. The topological polar surface area (TPSA) is 129 Å². The smallest absolute Gasteiger partial charge is 0.257 e. The largest absolute Gasteiger partial charge is 0.461 e. The molecule has 2 aliphatic heterocycles. The van der Waals surface area contributed by atoms with Crippen molar-refractivity contribution in [3.05, 3.63) is 53.3 Å². The zero-order valence-electron chi connectivity index (χ0n) is 19.6. The molecule has 0 bridgehead atoms. The second kappa shape index (κ2) is 10.2. The normalized spacial score (nSPS) is 29.2. The van der Waals surface area contributed by atoms with Crippen LogP contribution in [0.25, 0.3) is 11.1 Å². The van der Waals surface area contributed by atoms with Crippen molar-refractivity contribution in [1.29, 1.82) is 0 Å². The number of morpholine rings is 1. The Balaban J connectivity index is 1.56. The number of amides is 1. The second-order valence-electron chi connectivity index (χ2n) is 9.05. The van der Waals surface area contributed by atoms with Gasteiger partial charge in [-0.05, 0) is 54.8 Å². The van der Waals surface area contributed by atoms with E-state index < -0.39 is 42.6 Å². The summed E-state index contributed by atoms with van der Waals surface area (Å²) in [4.78, 5) is 14.4. The number of carbonyl (C=O) groups is 1. The first-order chi connectivity index (χ1) is 16.6. The first-order valence-electron chi connectivity index (χ1n) is 11.4. The van der Waals surface area contributed by atoms with Crippen molar-refractivity contribution in [2.45, 2.75) is 44.1 Å². The number of rotatable bonds is 5. The Bertz CT molecular complexity index is 1070. The number of nitrogens with zero attached hydrogens (tertiary/aromatic N) is 1. The van der Waals surface area contributed by atoms with Crippen LogP contribution in [0.2, 0.25) is 0 Å². The zero-order chi connectivity index (χ0) is 25.3. The van der Waals surface area contributed by atoms with Crippen molar-refractivity contribution >= 4 is 5.91 Å². The van der Waals surface area contributed by atoms with Gasteiger partial charge in [0.1, 0.15) is 29.9 Å². The highest BCUT2D eigenvalue weighted by atomic mass is 19.1. The van der Waals surface area contributed by atoms with Crippen molar-refractivity contribution in [2.75, 3.05) is 32.9 Å². The third-order valence-corrected chi connectivity index (χ3v) is 6.50. The van der Waals surface area contributed by atoms with Crippen LogP contribution in [0, 0.1) is 12.7 Å². The van der Waals surface area contributed by atoms with Gasteiger partial charge >= 0.3 is 0 Å². The third kappa shape index (κ3) is 5.04. The second-order valence-corrected chi connectivity index (χ2v) is 9.05. The van der Waals surface area contributed by atoms with Gasteiger partial charge in [-0.25, -0.2) is 4.39 Å². The minimum Gasteiger partial charge on any atom is -0.461 e. The van der Waals surface area contributed by atoms with E-state index in [9.17, 15) is 29.6 Å². The van der Waals surface area contributed by atoms with Crippen molar-refractivity contribution in [2.24, 2.45) is 0 Å². The molecule has 190 valence electrons. The molecule has 2 heterocycles. The summed E-state index contributed by atoms with van der Waals surface area (Å²) in [5.41, 5.74) is 0.0375. The zero-order valence-corrected chi connectivity index (χ0v) is 19.6. The molecular formula is C25H30FNO8. The lowest BCUT2D eigenvalue weighted by Crippen LogP contribution is -2.66. The van der Waals surface area contributed by atoms with Crippen molar-refractivity contribution in [1.82, 2.24) is 4.90 Å². The molecule has 0 saturated carbocycles. The van der Waals surface area contributed by atoms with E-state index in [4.69, 9.17) is 14.2 Å². The fourth-order valence-electron chi connectivity index (χ4n) is 4.25. The van der Waals surface area contributed by atoms with E-state index in [1.54, 1.807) is 36.1 Å². The molecular weight excluding hydrogens is 461 g/mol. The van der Waals surface area contributed by atoms with Gasteiger partial charge in [0.05, 0.1) is 25.4 Å². The molecule has 0 unspecified atom stereocenters. The van der Waals surface area contributed by atoms with E-state index in [0.717, 1.165) is 0 Å².